The molecule has 1 aliphatic rings. The minimum absolute atomic E-state index is 0.0868. The smallest absolute Gasteiger partial charge is 0.235 e. The van der Waals surface area contributed by atoms with Crippen molar-refractivity contribution in [3.05, 3.63) is 23.8 Å². The van der Waals surface area contributed by atoms with Gasteiger partial charge >= 0.3 is 0 Å². The number of carbonyl (C=O) groups excluding carboxylic acids is 1. The van der Waals surface area contributed by atoms with Gasteiger partial charge in [0.2, 0.25) is 15.9 Å². The van der Waals surface area contributed by atoms with E-state index >= 15 is 0 Å². The highest BCUT2D eigenvalue weighted by Gasteiger charge is 2.28. The van der Waals surface area contributed by atoms with Gasteiger partial charge in [0.1, 0.15) is 0 Å². The molecule has 1 amide bonds. The van der Waals surface area contributed by atoms with Crippen molar-refractivity contribution in [1.82, 2.24) is 0 Å². The number of rotatable bonds is 4. The van der Waals surface area contributed by atoms with E-state index < -0.39 is 15.4 Å². The van der Waals surface area contributed by atoms with Crippen molar-refractivity contribution in [3.63, 3.8) is 0 Å². The number of aryl methyl sites for hydroxylation is 1. The lowest BCUT2D eigenvalue weighted by Crippen LogP contribution is -2.37. The number of nitrogens with one attached hydrogen (secondary N) is 1. The molecule has 0 unspecified atom stereocenters. The Balaban J connectivity index is 2.35. The Hall–Kier alpha value is -1.56. The fourth-order valence-corrected chi connectivity index (χ4v) is 4.21. The molecular formula is C17H26N2O3S. The molecule has 0 fully saturated rings. The maximum absolute atomic E-state index is 12.5. The number of nitrogens with zero attached hydrogens (tertiary/aromatic N) is 1. The molecule has 2 rings (SSSR count). The van der Waals surface area contributed by atoms with E-state index in [1.165, 1.54) is 4.31 Å². The van der Waals surface area contributed by atoms with E-state index in [1.54, 1.807) is 6.07 Å². The van der Waals surface area contributed by atoms with Crippen molar-refractivity contribution in [3.8, 4) is 0 Å². The van der Waals surface area contributed by atoms with E-state index in [4.69, 9.17) is 0 Å². The Kier molecular flexibility index (Phi) is 5.04. The van der Waals surface area contributed by atoms with Crippen LogP contribution in [0.5, 0.6) is 0 Å². The molecule has 1 N–H and O–H groups in total. The quantitative estimate of drug-likeness (QED) is 0.917. The molecule has 128 valence electrons. The van der Waals surface area contributed by atoms with Crippen molar-refractivity contribution in [2.24, 2.45) is 5.41 Å². The molecule has 0 atom stereocenters. The van der Waals surface area contributed by atoms with Gasteiger partial charge in [0.15, 0.2) is 0 Å². The third-order valence-corrected chi connectivity index (χ3v) is 5.87. The minimum Gasteiger partial charge on any atom is -0.326 e. The molecule has 0 spiro atoms. The first-order valence-electron chi connectivity index (χ1n) is 8.10. The fraction of sp³-hybridized carbons (Fsp3) is 0.588. The summed E-state index contributed by atoms with van der Waals surface area (Å²) in [6.07, 6.45) is 2.28. The highest BCUT2D eigenvalue weighted by molar-refractivity contribution is 7.92. The third kappa shape index (κ3) is 4.05. The van der Waals surface area contributed by atoms with Gasteiger partial charge in [-0.05, 0) is 37.0 Å². The Morgan fingerprint density at radius 2 is 2.00 bits per heavy atom. The number of amides is 1. The number of benzene rings is 1. The van der Waals surface area contributed by atoms with Crippen molar-refractivity contribution in [2.75, 3.05) is 21.9 Å². The molecule has 0 radical (unpaired) electrons. The molecule has 1 aromatic rings. The monoisotopic (exact) mass is 338 g/mol. The Morgan fingerprint density at radius 1 is 1.30 bits per heavy atom. The molecule has 1 heterocycles. The summed E-state index contributed by atoms with van der Waals surface area (Å²) in [5, 5.41) is 2.88. The summed E-state index contributed by atoms with van der Waals surface area (Å²) >= 11 is 0. The summed E-state index contributed by atoms with van der Waals surface area (Å²) in [5.41, 5.74) is 1.87. The zero-order chi connectivity index (χ0) is 17.3. The van der Waals surface area contributed by atoms with E-state index in [0.29, 0.717) is 24.3 Å². The van der Waals surface area contributed by atoms with Crippen LogP contribution in [0.1, 0.15) is 46.1 Å². The van der Waals surface area contributed by atoms with E-state index in [2.05, 4.69) is 5.32 Å². The van der Waals surface area contributed by atoms with E-state index in [-0.39, 0.29) is 11.7 Å². The summed E-state index contributed by atoms with van der Waals surface area (Å²) in [6.45, 7) is 7.91. The third-order valence-electron chi connectivity index (χ3n) is 3.90. The first kappa shape index (κ1) is 17.8. The van der Waals surface area contributed by atoms with Crippen LogP contribution in [0.2, 0.25) is 0 Å². The van der Waals surface area contributed by atoms with Crippen LogP contribution in [-0.2, 0) is 21.2 Å². The number of sulfonamides is 1. The Bertz CT molecular complexity index is 690. The van der Waals surface area contributed by atoms with Gasteiger partial charge in [-0.2, -0.15) is 0 Å². The molecule has 1 aromatic carbocycles. The number of hydrogen-bond acceptors (Lipinski definition) is 3. The number of carbonyl (C=O) groups is 1. The maximum Gasteiger partial charge on any atom is 0.235 e. The molecule has 1 aliphatic heterocycles. The molecule has 6 heteroatoms. The zero-order valence-corrected chi connectivity index (χ0v) is 15.2. The van der Waals surface area contributed by atoms with Gasteiger partial charge in [-0.1, -0.05) is 33.8 Å². The van der Waals surface area contributed by atoms with Crippen LogP contribution in [0, 0.1) is 5.41 Å². The SMILES string of the molecule is CCCS(=O)(=O)N1CCCc2ccc(NC(=O)C(C)(C)C)cc21. The average molecular weight is 338 g/mol. The van der Waals surface area contributed by atoms with E-state index in [0.717, 1.165) is 18.4 Å². The van der Waals surface area contributed by atoms with Gasteiger partial charge in [0.25, 0.3) is 0 Å². The van der Waals surface area contributed by atoms with Crippen molar-refractivity contribution in [1.29, 1.82) is 0 Å². The standard InChI is InChI=1S/C17H26N2O3S/c1-5-11-23(21,22)19-10-6-7-13-8-9-14(12-15(13)19)18-16(20)17(2,3)4/h8-9,12H,5-7,10-11H2,1-4H3,(H,18,20). The van der Waals surface area contributed by atoms with Crippen LogP contribution in [0.3, 0.4) is 0 Å². The lowest BCUT2D eigenvalue weighted by molar-refractivity contribution is -0.123. The summed E-state index contributed by atoms with van der Waals surface area (Å²) < 4.78 is 26.5. The predicted octanol–water partition coefficient (Wildman–Crippen LogP) is 3.16. The highest BCUT2D eigenvalue weighted by Crippen LogP contribution is 2.32. The summed E-state index contributed by atoms with van der Waals surface area (Å²) in [7, 11) is -3.30. The summed E-state index contributed by atoms with van der Waals surface area (Å²) in [4.78, 5) is 12.1. The van der Waals surface area contributed by atoms with E-state index in [1.807, 2.05) is 39.8 Å². The van der Waals surface area contributed by atoms with Crippen LogP contribution < -0.4 is 9.62 Å². The molecule has 0 aliphatic carbocycles. The van der Waals surface area contributed by atoms with Gasteiger partial charge in [0, 0.05) is 17.6 Å². The second-order valence-electron chi connectivity index (χ2n) is 7.04. The highest BCUT2D eigenvalue weighted by atomic mass is 32.2. The number of hydrogen-bond donors (Lipinski definition) is 1. The van der Waals surface area contributed by atoms with Crippen LogP contribution in [0.25, 0.3) is 0 Å². The van der Waals surface area contributed by atoms with Crippen molar-refractivity contribution in [2.45, 2.75) is 47.0 Å². The van der Waals surface area contributed by atoms with Crippen LogP contribution in [0.4, 0.5) is 11.4 Å². The lowest BCUT2D eigenvalue weighted by Gasteiger charge is -2.31. The number of fused-ring (bicyclic) bond motifs is 1. The fourth-order valence-electron chi connectivity index (χ4n) is 2.59. The van der Waals surface area contributed by atoms with Crippen LogP contribution in [-0.4, -0.2) is 26.6 Å². The summed E-state index contributed by atoms with van der Waals surface area (Å²) in [6, 6.07) is 5.55. The molecule has 5 nitrogen and oxygen atoms in total. The normalized spacial score (nSPS) is 15.2. The second-order valence-corrected chi connectivity index (χ2v) is 9.05. The van der Waals surface area contributed by atoms with Crippen molar-refractivity contribution < 1.29 is 13.2 Å². The van der Waals surface area contributed by atoms with Gasteiger partial charge in [-0.25, -0.2) is 8.42 Å². The second kappa shape index (κ2) is 6.51. The Morgan fingerprint density at radius 3 is 2.61 bits per heavy atom. The largest absolute Gasteiger partial charge is 0.326 e. The topological polar surface area (TPSA) is 66.5 Å². The van der Waals surface area contributed by atoms with Crippen LogP contribution in [0.15, 0.2) is 18.2 Å². The molecule has 0 saturated carbocycles. The maximum atomic E-state index is 12.5. The molecule has 23 heavy (non-hydrogen) atoms. The lowest BCUT2D eigenvalue weighted by atomic mass is 9.95. The molecule has 0 aromatic heterocycles. The molecular weight excluding hydrogens is 312 g/mol. The first-order valence-corrected chi connectivity index (χ1v) is 9.71. The molecule has 0 bridgehead atoms. The van der Waals surface area contributed by atoms with Gasteiger partial charge in [-0.15, -0.1) is 0 Å². The molecule has 0 saturated heterocycles. The average Bonchev–Trinajstić information content (AvgIpc) is 2.45. The van der Waals surface area contributed by atoms with Gasteiger partial charge in [-0.3, -0.25) is 9.10 Å². The Labute approximate surface area is 139 Å². The minimum atomic E-state index is -3.30. The van der Waals surface area contributed by atoms with Gasteiger partial charge in [0.05, 0.1) is 11.4 Å². The number of anilines is 2. The zero-order valence-electron chi connectivity index (χ0n) is 14.3. The van der Waals surface area contributed by atoms with E-state index in [9.17, 15) is 13.2 Å². The van der Waals surface area contributed by atoms with Crippen LogP contribution >= 0.6 is 0 Å². The van der Waals surface area contributed by atoms with Crippen molar-refractivity contribution >= 4 is 27.3 Å². The van der Waals surface area contributed by atoms with Gasteiger partial charge < -0.3 is 5.32 Å². The summed E-state index contributed by atoms with van der Waals surface area (Å²) in [5.74, 6) is 0.0570. The first-order chi connectivity index (χ1) is 10.6. The predicted molar refractivity (Wildman–Crippen MR) is 94.3 cm³/mol.